The van der Waals surface area contributed by atoms with Crippen LogP contribution in [0.15, 0.2) is 0 Å². The molecule has 0 fully saturated rings. The normalized spacial score (nSPS) is 13.9. The van der Waals surface area contributed by atoms with Crippen LogP contribution in [0.5, 0.6) is 0 Å². The number of hydrogen-bond acceptors (Lipinski definition) is 2. The highest BCUT2D eigenvalue weighted by Gasteiger charge is 2.10. The molecule has 0 saturated carbocycles. The number of unbranched alkanes of at least 4 members (excludes halogenated alkanes) is 7. The van der Waals surface area contributed by atoms with E-state index in [9.17, 15) is 9.59 Å². The van der Waals surface area contributed by atoms with Crippen molar-refractivity contribution in [2.45, 2.75) is 78.1 Å². The van der Waals surface area contributed by atoms with E-state index in [1.807, 2.05) is 0 Å². The molecule has 118 valence electrons. The summed E-state index contributed by atoms with van der Waals surface area (Å²) in [5.74, 6) is -1.82. The van der Waals surface area contributed by atoms with Gasteiger partial charge < -0.3 is 10.2 Å². The maximum atomic E-state index is 10.6. The lowest BCUT2D eigenvalue weighted by Crippen LogP contribution is -2.08. The van der Waals surface area contributed by atoms with Crippen LogP contribution in [0.4, 0.5) is 0 Å². The minimum Gasteiger partial charge on any atom is -0.481 e. The van der Waals surface area contributed by atoms with Crippen molar-refractivity contribution in [3.05, 3.63) is 0 Å². The summed E-state index contributed by atoms with van der Waals surface area (Å²) in [5.41, 5.74) is 0. The van der Waals surface area contributed by atoms with Crippen molar-refractivity contribution >= 4 is 11.9 Å². The van der Waals surface area contributed by atoms with Crippen molar-refractivity contribution < 1.29 is 19.8 Å². The Kier molecular flexibility index (Phi) is 11.1. The predicted molar refractivity (Wildman–Crippen MR) is 79.8 cm³/mol. The summed E-state index contributed by atoms with van der Waals surface area (Å²) in [4.78, 5) is 21.2. The van der Waals surface area contributed by atoms with Gasteiger partial charge in [-0.3, -0.25) is 9.59 Å². The van der Waals surface area contributed by atoms with Crippen LogP contribution in [0, 0.1) is 11.8 Å². The summed E-state index contributed by atoms with van der Waals surface area (Å²) in [7, 11) is 0. The molecule has 0 amide bonds. The zero-order valence-electron chi connectivity index (χ0n) is 12.9. The molecule has 2 N–H and O–H groups in total. The minimum atomic E-state index is -0.694. The SMILES string of the molecule is C[C@@H](CCCCCCCCCC[C@H](C)C(=O)O)C(=O)O. The Labute approximate surface area is 122 Å². The molecule has 4 nitrogen and oxygen atoms in total. The number of carbonyl (C=O) groups is 2. The Hall–Kier alpha value is -1.06. The van der Waals surface area contributed by atoms with Crippen LogP contribution in [0.3, 0.4) is 0 Å². The molecular formula is C16H30O4. The zero-order valence-corrected chi connectivity index (χ0v) is 12.9. The van der Waals surface area contributed by atoms with Gasteiger partial charge in [0.25, 0.3) is 0 Å². The van der Waals surface area contributed by atoms with Crippen LogP contribution < -0.4 is 0 Å². The maximum absolute atomic E-state index is 10.6. The molecule has 0 aliphatic rings. The quantitative estimate of drug-likeness (QED) is 0.494. The van der Waals surface area contributed by atoms with Crippen molar-refractivity contribution in [2.24, 2.45) is 11.8 Å². The number of rotatable bonds is 13. The molecular weight excluding hydrogens is 256 g/mol. The summed E-state index contributed by atoms with van der Waals surface area (Å²) in [6, 6.07) is 0. The van der Waals surface area contributed by atoms with Gasteiger partial charge in [0.2, 0.25) is 0 Å². The van der Waals surface area contributed by atoms with Crippen LogP contribution in [0.1, 0.15) is 78.1 Å². The van der Waals surface area contributed by atoms with Gasteiger partial charge in [-0.25, -0.2) is 0 Å². The van der Waals surface area contributed by atoms with Gasteiger partial charge in [-0.1, -0.05) is 65.2 Å². The van der Waals surface area contributed by atoms with Gasteiger partial charge in [-0.05, 0) is 12.8 Å². The smallest absolute Gasteiger partial charge is 0.306 e. The van der Waals surface area contributed by atoms with E-state index in [1.165, 1.54) is 25.7 Å². The number of hydrogen-bond donors (Lipinski definition) is 2. The van der Waals surface area contributed by atoms with Crippen LogP contribution in [0.2, 0.25) is 0 Å². The third-order valence-corrected chi connectivity index (χ3v) is 3.87. The van der Waals surface area contributed by atoms with Gasteiger partial charge in [0.15, 0.2) is 0 Å². The second kappa shape index (κ2) is 11.7. The highest BCUT2D eigenvalue weighted by atomic mass is 16.4. The molecule has 0 aromatic heterocycles. The number of carboxylic acid groups (broad SMARTS) is 2. The van der Waals surface area contributed by atoms with Crippen molar-refractivity contribution in [2.75, 3.05) is 0 Å². The Morgan fingerprint density at radius 2 is 0.900 bits per heavy atom. The fourth-order valence-electron chi connectivity index (χ4n) is 2.21. The monoisotopic (exact) mass is 286 g/mol. The first-order chi connectivity index (χ1) is 9.45. The van der Waals surface area contributed by atoms with Gasteiger partial charge >= 0.3 is 11.9 Å². The lowest BCUT2D eigenvalue weighted by Gasteiger charge is -2.06. The molecule has 0 rings (SSSR count). The molecule has 0 saturated heterocycles. The van der Waals surface area contributed by atoms with E-state index in [1.54, 1.807) is 13.8 Å². The summed E-state index contributed by atoms with van der Waals surface area (Å²) in [6.07, 6.45) is 10.6. The first kappa shape index (κ1) is 18.9. The summed E-state index contributed by atoms with van der Waals surface area (Å²) in [5, 5.41) is 17.5. The van der Waals surface area contributed by atoms with Gasteiger partial charge in [0.05, 0.1) is 11.8 Å². The molecule has 0 aromatic carbocycles. The molecule has 20 heavy (non-hydrogen) atoms. The third kappa shape index (κ3) is 10.8. The number of carboxylic acids is 2. The van der Waals surface area contributed by atoms with E-state index in [2.05, 4.69) is 0 Å². The van der Waals surface area contributed by atoms with Crippen LogP contribution >= 0.6 is 0 Å². The second-order valence-corrected chi connectivity index (χ2v) is 5.88. The van der Waals surface area contributed by atoms with Crippen LogP contribution in [-0.4, -0.2) is 22.2 Å². The molecule has 0 aromatic rings. The molecule has 0 heterocycles. The van der Waals surface area contributed by atoms with Crippen molar-refractivity contribution in [1.29, 1.82) is 0 Å². The van der Waals surface area contributed by atoms with Crippen LogP contribution in [0.25, 0.3) is 0 Å². The molecule has 0 radical (unpaired) electrons. The molecule has 0 aliphatic heterocycles. The summed E-state index contributed by atoms with van der Waals surface area (Å²) >= 11 is 0. The Morgan fingerprint density at radius 3 is 1.15 bits per heavy atom. The summed E-state index contributed by atoms with van der Waals surface area (Å²) < 4.78 is 0. The maximum Gasteiger partial charge on any atom is 0.306 e. The lowest BCUT2D eigenvalue weighted by molar-refractivity contribution is -0.142. The molecule has 0 unspecified atom stereocenters. The van der Waals surface area contributed by atoms with Gasteiger partial charge in [-0.15, -0.1) is 0 Å². The molecule has 0 spiro atoms. The van der Waals surface area contributed by atoms with Crippen molar-refractivity contribution in [3.8, 4) is 0 Å². The van der Waals surface area contributed by atoms with E-state index < -0.39 is 11.9 Å². The first-order valence-corrected chi connectivity index (χ1v) is 7.90. The molecule has 0 bridgehead atoms. The highest BCUT2D eigenvalue weighted by Crippen LogP contribution is 2.15. The molecule has 0 aliphatic carbocycles. The molecule has 2 atom stereocenters. The Balaban J connectivity index is 3.21. The average Bonchev–Trinajstić information content (AvgIpc) is 2.39. The first-order valence-electron chi connectivity index (χ1n) is 7.90. The average molecular weight is 286 g/mol. The highest BCUT2D eigenvalue weighted by molar-refractivity contribution is 5.69. The minimum absolute atomic E-state index is 0.216. The third-order valence-electron chi connectivity index (χ3n) is 3.87. The van der Waals surface area contributed by atoms with E-state index >= 15 is 0 Å². The van der Waals surface area contributed by atoms with Gasteiger partial charge in [0.1, 0.15) is 0 Å². The largest absolute Gasteiger partial charge is 0.481 e. The standard InChI is InChI=1S/C16H30O4/c1-13(15(17)18)11-9-7-5-3-4-6-8-10-12-14(2)16(19)20/h13-14H,3-12H2,1-2H3,(H,17,18)(H,19,20)/t13-,14-/m0/s1. The van der Waals surface area contributed by atoms with E-state index in [4.69, 9.17) is 10.2 Å². The second-order valence-electron chi connectivity index (χ2n) is 5.88. The van der Waals surface area contributed by atoms with Crippen molar-refractivity contribution in [1.82, 2.24) is 0 Å². The van der Waals surface area contributed by atoms with Gasteiger partial charge in [-0.2, -0.15) is 0 Å². The zero-order chi connectivity index (χ0) is 15.4. The lowest BCUT2D eigenvalue weighted by atomic mass is 10.0. The van der Waals surface area contributed by atoms with E-state index in [0.717, 1.165) is 38.5 Å². The number of aliphatic carboxylic acids is 2. The predicted octanol–water partition coefficient (Wildman–Crippen LogP) is 4.33. The van der Waals surface area contributed by atoms with Gasteiger partial charge in [0, 0.05) is 0 Å². The summed E-state index contributed by atoms with van der Waals surface area (Å²) in [6.45, 7) is 3.53. The van der Waals surface area contributed by atoms with E-state index in [-0.39, 0.29) is 11.8 Å². The fraction of sp³-hybridized carbons (Fsp3) is 0.875. The molecule has 4 heteroatoms. The topological polar surface area (TPSA) is 74.6 Å². The van der Waals surface area contributed by atoms with E-state index in [0.29, 0.717) is 0 Å². The Morgan fingerprint density at radius 1 is 0.650 bits per heavy atom. The van der Waals surface area contributed by atoms with Crippen molar-refractivity contribution in [3.63, 3.8) is 0 Å². The fourth-order valence-corrected chi connectivity index (χ4v) is 2.21. The Bertz CT molecular complexity index is 248. The van der Waals surface area contributed by atoms with Crippen LogP contribution in [-0.2, 0) is 9.59 Å².